The molecule has 0 unspecified atom stereocenters. The summed E-state index contributed by atoms with van der Waals surface area (Å²) in [7, 11) is 1.67. The van der Waals surface area contributed by atoms with Gasteiger partial charge < -0.3 is 14.8 Å². The molecule has 0 amide bonds. The van der Waals surface area contributed by atoms with E-state index < -0.39 is 0 Å². The molecule has 3 nitrogen and oxygen atoms in total. The lowest BCUT2D eigenvalue weighted by Gasteiger charge is -2.23. The van der Waals surface area contributed by atoms with Gasteiger partial charge in [-0.15, -0.1) is 0 Å². The predicted molar refractivity (Wildman–Crippen MR) is 143 cm³/mol. The Morgan fingerprint density at radius 1 is 0.686 bits per heavy atom. The first-order valence-corrected chi connectivity index (χ1v) is 11.7. The summed E-state index contributed by atoms with van der Waals surface area (Å²) in [6.45, 7) is 0. The number of aromatic amines is 1. The molecule has 2 N–H and O–H groups in total. The summed E-state index contributed by atoms with van der Waals surface area (Å²) in [6.07, 6.45) is 0. The zero-order valence-electron chi connectivity index (χ0n) is 19.4. The molecular weight excluding hydrogens is 430 g/mol. The van der Waals surface area contributed by atoms with Gasteiger partial charge in [0, 0.05) is 22.4 Å². The molecule has 0 bridgehead atoms. The van der Waals surface area contributed by atoms with Crippen LogP contribution in [-0.2, 0) is 0 Å². The molecular formula is C32H25NO2. The van der Waals surface area contributed by atoms with Crippen LogP contribution in [0.3, 0.4) is 0 Å². The van der Waals surface area contributed by atoms with Crippen LogP contribution in [0.4, 0.5) is 0 Å². The molecule has 0 aliphatic heterocycles. The number of H-pyrrole nitrogens is 1. The van der Waals surface area contributed by atoms with Gasteiger partial charge in [0.15, 0.2) is 0 Å². The molecule has 35 heavy (non-hydrogen) atoms. The number of benzene rings is 5. The molecule has 5 aromatic carbocycles. The summed E-state index contributed by atoms with van der Waals surface area (Å²) < 4.78 is 5.57. The number of nitrogens with one attached hydrogen (secondary N) is 1. The highest BCUT2D eigenvalue weighted by Crippen LogP contribution is 2.47. The Bertz CT molecular complexity index is 1640. The van der Waals surface area contributed by atoms with Crippen LogP contribution in [0, 0.1) is 0 Å². The monoisotopic (exact) mass is 455 g/mol. The number of phenols is 1. The number of para-hydroxylation sites is 1. The van der Waals surface area contributed by atoms with Crippen LogP contribution < -0.4 is 4.74 Å². The molecule has 170 valence electrons. The molecule has 0 saturated carbocycles. The van der Waals surface area contributed by atoms with Crippen LogP contribution >= 0.6 is 0 Å². The maximum absolute atomic E-state index is 11.4. The minimum atomic E-state index is -0.210. The first-order valence-electron chi connectivity index (χ1n) is 11.7. The number of rotatable bonds is 5. The maximum atomic E-state index is 11.4. The Hall–Kier alpha value is -4.50. The van der Waals surface area contributed by atoms with Crippen LogP contribution in [-0.4, -0.2) is 17.2 Å². The highest BCUT2D eigenvalue weighted by Gasteiger charge is 2.28. The summed E-state index contributed by atoms with van der Waals surface area (Å²) >= 11 is 0. The van der Waals surface area contributed by atoms with Crippen molar-refractivity contribution < 1.29 is 9.84 Å². The average Bonchev–Trinajstić information content (AvgIpc) is 3.30. The zero-order chi connectivity index (χ0) is 23.8. The molecule has 6 aromatic rings. The van der Waals surface area contributed by atoms with E-state index in [2.05, 4.69) is 77.8 Å². The SMILES string of the molecule is COc1ccc2ccc(O)c([C@H](c3ccccc3)c3c(-c4ccccc4)[nH]c4ccccc34)c2c1. The van der Waals surface area contributed by atoms with Crippen LogP contribution in [0.2, 0.25) is 0 Å². The van der Waals surface area contributed by atoms with E-state index in [0.717, 1.165) is 55.4 Å². The van der Waals surface area contributed by atoms with E-state index in [1.54, 1.807) is 13.2 Å². The minimum absolute atomic E-state index is 0.210. The Labute approximate surface area is 204 Å². The Balaban J connectivity index is 1.75. The molecule has 3 heteroatoms. The molecule has 1 atom stereocenters. The second-order valence-corrected chi connectivity index (χ2v) is 8.75. The van der Waals surface area contributed by atoms with Gasteiger partial charge in [-0.25, -0.2) is 0 Å². The van der Waals surface area contributed by atoms with Crippen molar-refractivity contribution in [2.45, 2.75) is 5.92 Å². The lowest BCUT2D eigenvalue weighted by atomic mass is 9.80. The Morgan fingerprint density at radius 3 is 2.14 bits per heavy atom. The van der Waals surface area contributed by atoms with Crippen LogP contribution in [0.5, 0.6) is 11.5 Å². The summed E-state index contributed by atoms with van der Waals surface area (Å²) in [4.78, 5) is 3.68. The number of hydrogen-bond acceptors (Lipinski definition) is 2. The Morgan fingerprint density at radius 2 is 1.37 bits per heavy atom. The van der Waals surface area contributed by atoms with Gasteiger partial charge >= 0.3 is 0 Å². The number of fused-ring (bicyclic) bond motifs is 2. The molecule has 0 spiro atoms. The van der Waals surface area contributed by atoms with E-state index in [9.17, 15) is 5.11 Å². The summed E-state index contributed by atoms with van der Waals surface area (Å²) in [5.41, 5.74) is 6.36. The van der Waals surface area contributed by atoms with Crippen LogP contribution in [0.15, 0.2) is 115 Å². The maximum Gasteiger partial charge on any atom is 0.120 e. The van der Waals surface area contributed by atoms with E-state index in [-0.39, 0.29) is 11.7 Å². The second-order valence-electron chi connectivity index (χ2n) is 8.75. The quantitative estimate of drug-likeness (QED) is 0.278. The van der Waals surface area contributed by atoms with Crippen LogP contribution in [0.25, 0.3) is 32.9 Å². The highest BCUT2D eigenvalue weighted by atomic mass is 16.5. The lowest BCUT2D eigenvalue weighted by Crippen LogP contribution is -2.06. The number of hydrogen-bond donors (Lipinski definition) is 2. The molecule has 0 aliphatic rings. The van der Waals surface area contributed by atoms with E-state index in [4.69, 9.17) is 4.74 Å². The van der Waals surface area contributed by atoms with E-state index in [1.807, 2.05) is 36.4 Å². The molecule has 0 fully saturated rings. The van der Waals surface area contributed by atoms with Gasteiger partial charge in [0.1, 0.15) is 11.5 Å². The molecule has 0 saturated heterocycles. The van der Waals surface area contributed by atoms with Crippen molar-refractivity contribution in [1.29, 1.82) is 0 Å². The average molecular weight is 456 g/mol. The fraction of sp³-hybridized carbons (Fsp3) is 0.0625. The van der Waals surface area contributed by atoms with Crippen molar-refractivity contribution in [2.75, 3.05) is 7.11 Å². The van der Waals surface area contributed by atoms with E-state index >= 15 is 0 Å². The number of ether oxygens (including phenoxy) is 1. The third-order valence-electron chi connectivity index (χ3n) is 6.77. The third kappa shape index (κ3) is 3.62. The van der Waals surface area contributed by atoms with E-state index in [0.29, 0.717) is 0 Å². The lowest BCUT2D eigenvalue weighted by molar-refractivity contribution is 0.415. The fourth-order valence-electron chi connectivity index (χ4n) is 5.16. The van der Waals surface area contributed by atoms with Crippen molar-refractivity contribution in [2.24, 2.45) is 0 Å². The van der Waals surface area contributed by atoms with Crippen molar-refractivity contribution in [3.8, 4) is 22.8 Å². The largest absolute Gasteiger partial charge is 0.508 e. The van der Waals surface area contributed by atoms with Gasteiger partial charge in [0.2, 0.25) is 0 Å². The first-order chi connectivity index (χ1) is 17.2. The zero-order valence-corrected chi connectivity index (χ0v) is 19.4. The number of aromatic nitrogens is 1. The molecule has 1 heterocycles. The normalized spacial score (nSPS) is 12.1. The van der Waals surface area contributed by atoms with Crippen molar-refractivity contribution in [1.82, 2.24) is 4.98 Å². The number of phenolic OH excluding ortho intramolecular Hbond substituents is 1. The molecule has 0 radical (unpaired) electrons. The minimum Gasteiger partial charge on any atom is -0.508 e. The smallest absolute Gasteiger partial charge is 0.120 e. The number of aromatic hydroxyl groups is 1. The third-order valence-corrected chi connectivity index (χ3v) is 6.77. The summed E-state index contributed by atoms with van der Waals surface area (Å²) in [6, 6.07) is 39.0. The molecule has 6 rings (SSSR count). The van der Waals surface area contributed by atoms with Crippen molar-refractivity contribution in [3.05, 3.63) is 132 Å². The molecule has 0 aliphatic carbocycles. The van der Waals surface area contributed by atoms with Gasteiger partial charge in [-0.05, 0) is 51.7 Å². The molecule has 1 aromatic heterocycles. The van der Waals surface area contributed by atoms with Gasteiger partial charge in [0.25, 0.3) is 0 Å². The summed E-state index contributed by atoms with van der Waals surface area (Å²) in [5, 5.41) is 14.6. The number of methoxy groups -OCH3 is 1. The Kier molecular flexibility index (Phi) is 5.23. The van der Waals surface area contributed by atoms with Crippen molar-refractivity contribution in [3.63, 3.8) is 0 Å². The second kappa shape index (κ2) is 8.69. The van der Waals surface area contributed by atoms with E-state index in [1.165, 1.54) is 0 Å². The topological polar surface area (TPSA) is 45.2 Å². The van der Waals surface area contributed by atoms with Gasteiger partial charge in [-0.1, -0.05) is 91.0 Å². The predicted octanol–water partition coefficient (Wildman–Crippen LogP) is 7.88. The summed E-state index contributed by atoms with van der Waals surface area (Å²) in [5.74, 6) is 0.820. The highest BCUT2D eigenvalue weighted by molar-refractivity contribution is 5.96. The standard InChI is InChI=1S/C32H25NO2/c1-35-24-18-16-21-17-19-28(34)30(26(21)20-24)29(22-10-4-2-5-11-22)31-25-14-8-9-15-27(25)33-32(31)23-12-6-3-7-13-23/h2-20,29,33-34H,1H3/t29-/m0/s1. The van der Waals surface area contributed by atoms with Crippen molar-refractivity contribution >= 4 is 21.7 Å². The van der Waals surface area contributed by atoms with Gasteiger partial charge in [-0.3, -0.25) is 0 Å². The first kappa shape index (κ1) is 21.1. The van der Waals surface area contributed by atoms with Gasteiger partial charge in [-0.2, -0.15) is 0 Å². The van der Waals surface area contributed by atoms with Gasteiger partial charge in [0.05, 0.1) is 12.8 Å². The fourth-order valence-corrected chi connectivity index (χ4v) is 5.16. The van der Waals surface area contributed by atoms with Crippen LogP contribution in [0.1, 0.15) is 22.6 Å².